The zero-order valence-electron chi connectivity index (χ0n) is 16.1. The van der Waals surface area contributed by atoms with Gasteiger partial charge in [0.15, 0.2) is 0 Å². The quantitative estimate of drug-likeness (QED) is 0.758. The van der Waals surface area contributed by atoms with Crippen LogP contribution in [0.25, 0.3) is 0 Å². The highest BCUT2D eigenvalue weighted by atomic mass is 19.4. The fraction of sp³-hybridized carbons (Fsp3) is 0.842. The predicted molar refractivity (Wildman–Crippen MR) is 97.9 cm³/mol. The zero-order chi connectivity index (χ0) is 20.3. The Morgan fingerprint density at radius 1 is 1.04 bits per heavy atom. The van der Waals surface area contributed by atoms with Crippen LogP contribution in [0.15, 0.2) is 0 Å². The number of carbonyl (C=O) groups excluding carboxylic acids is 2. The first-order valence-corrected chi connectivity index (χ1v) is 10.3. The molecule has 0 bridgehead atoms. The number of piperidine rings is 1. The van der Waals surface area contributed by atoms with Gasteiger partial charge in [-0.25, -0.2) is 4.79 Å². The third-order valence-electron chi connectivity index (χ3n) is 6.27. The minimum atomic E-state index is -4.14. The van der Waals surface area contributed by atoms with Crippen LogP contribution in [0, 0.1) is 17.2 Å². The summed E-state index contributed by atoms with van der Waals surface area (Å²) < 4.78 is 38.3. The summed E-state index contributed by atoms with van der Waals surface area (Å²) >= 11 is 0. The van der Waals surface area contributed by atoms with Crippen LogP contribution in [-0.4, -0.2) is 59.4 Å². The number of urea groups is 1. The highest BCUT2D eigenvalue weighted by Crippen LogP contribution is 2.39. The molecule has 1 unspecified atom stereocenters. The number of amidine groups is 1. The van der Waals surface area contributed by atoms with Crippen molar-refractivity contribution in [2.24, 2.45) is 11.8 Å². The number of nitrogens with zero attached hydrogens (tertiary/aromatic N) is 2. The third-order valence-corrected chi connectivity index (χ3v) is 6.27. The summed E-state index contributed by atoms with van der Waals surface area (Å²) in [7, 11) is 0. The molecule has 1 saturated carbocycles. The molecule has 9 heteroatoms. The molecule has 0 radical (unpaired) electrons. The van der Waals surface area contributed by atoms with Gasteiger partial charge in [-0.2, -0.15) is 13.2 Å². The molecule has 3 aliphatic rings. The summed E-state index contributed by atoms with van der Waals surface area (Å²) in [6.45, 7) is 1.68. The van der Waals surface area contributed by atoms with Crippen LogP contribution in [0.3, 0.4) is 0 Å². The molecule has 2 saturated heterocycles. The Bertz CT molecular complexity index is 596. The molecule has 3 fully saturated rings. The van der Waals surface area contributed by atoms with Gasteiger partial charge in [-0.3, -0.25) is 15.1 Å². The lowest BCUT2D eigenvalue weighted by Crippen LogP contribution is -2.57. The van der Waals surface area contributed by atoms with Crippen molar-refractivity contribution < 1.29 is 22.8 Å². The maximum atomic E-state index is 12.8. The standard InChI is InChI=1S/C19H29F3N4O2/c20-19(21,22)14-8-6-13(7-9-14)12-24-18(28)26-15(4-3-5-16(26)23)17(27)25-10-1-2-11-25/h13-15,23H,1-12H2,(H,24,28). The molecule has 2 heterocycles. The van der Waals surface area contributed by atoms with E-state index in [0.29, 0.717) is 45.2 Å². The summed E-state index contributed by atoms with van der Waals surface area (Å²) in [5.74, 6) is -1.18. The lowest BCUT2D eigenvalue weighted by atomic mass is 9.81. The average Bonchev–Trinajstić information content (AvgIpc) is 3.19. The maximum Gasteiger partial charge on any atom is 0.391 e. The van der Waals surface area contributed by atoms with Crippen molar-refractivity contribution >= 4 is 17.8 Å². The first kappa shape index (κ1) is 20.9. The Kier molecular flexibility index (Phi) is 6.50. The molecule has 6 nitrogen and oxygen atoms in total. The molecule has 2 N–H and O–H groups in total. The van der Waals surface area contributed by atoms with Gasteiger partial charge < -0.3 is 10.2 Å². The summed E-state index contributed by atoms with van der Waals surface area (Å²) in [6.07, 6.45) is 0.533. The highest BCUT2D eigenvalue weighted by Gasteiger charge is 2.42. The lowest BCUT2D eigenvalue weighted by molar-refractivity contribution is -0.183. The second-order valence-corrected chi connectivity index (χ2v) is 8.20. The summed E-state index contributed by atoms with van der Waals surface area (Å²) in [4.78, 5) is 28.6. The van der Waals surface area contributed by atoms with Crippen molar-refractivity contribution in [3.63, 3.8) is 0 Å². The molecule has 3 amide bonds. The normalized spacial score (nSPS) is 29.1. The van der Waals surface area contributed by atoms with Gasteiger partial charge in [0.25, 0.3) is 0 Å². The van der Waals surface area contributed by atoms with Crippen LogP contribution >= 0.6 is 0 Å². The Morgan fingerprint density at radius 2 is 1.68 bits per heavy atom. The van der Waals surface area contributed by atoms with E-state index in [9.17, 15) is 22.8 Å². The van der Waals surface area contributed by atoms with Gasteiger partial charge in [0.1, 0.15) is 11.9 Å². The van der Waals surface area contributed by atoms with Gasteiger partial charge >= 0.3 is 12.2 Å². The van der Waals surface area contributed by atoms with E-state index in [1.807, 2.05) is 0 Å². The molecule has 158 valence electrons. The Balaban J connectivity index is 1.54. The second-order valence-electron chi connectivity index (χ2n) is 8.20. The molecule has 28 heavy (non-hydrogen) atoms. The molecule has 2 aliphatic heterocycles. The third kappa shape index (κ3) is 4.78. The van der Waals surface area contributed by atoms with Crippen LogP contribution in [-0.2, 0) is 4.79 Å². The number of hydrogen-bond acceptors (Lipinski definition) is 3. The first-order valence-electron chi connectivity index (χ1n) is 10.3. The number of nitrogens with one attached hydrogen (secondary N) is 2. The lowest BCUT2D eigenvalue weighted by Gasteiger charge is -2.37. The van der Waals surface area contributed by atoms with E-state index in [2.05, 4.69) is 5.32 Å². The second kappa shape index (κ2) is 8.69. The van der Waals surface area contributed by atoms with Crippen molar-refractivity contribution in [2.75, 3.05) is 19.6 Å². The number of rotatable bonds is 3. The number of likely N-dealkylation sites (tertiary alicyclic amines) is 2. The SMILES string of the molecule is N=C1CCCC(C(=O)N2CCCC2)N1C(=O)NCC1CCC(C(F)(F)F)CC1. The van der Waals surface area contributed by atoms with Gasteiger partial charge in [-0.1, -0.05) is 0 Å². The first-order chi connectivity index (χ1) is 13.3. The number of halogens is 3. The minimum Gasteiger partial charge on any atom is -0.341 e. The average molecular weight is 402 g/mol. The van der Waals surface area contributed by atoms with Gasteiger partial charge in [0, 0.05) is 26.1 Å². The van der Waals surface area contributed by atoms with E-state index in [0.717, 1.165) is 12.8 Å². The fourth-order valence-corrected chi connectivity index (χ4v) is 4.56. The Labute approximate surface area is 163 Å². The Hall–Kier alpha value is -1.80. The monoisotopic (exact) mass is 402 g/mol. The molecule has 1 aliphatic carbocycles. The molecule has 0 aromatic rings. The van der Waals surface area contributed by atoms with E-state index >= 15 is 0 Å². The predicted octanol–water partition coefficient (Wildman–Crippen LogP) is 3.52. The smallest absolute Gasteiger partial charge is 0.341 e. The Morgan fingerprint density at radius 3 is 2.29 bits per heavy atom. The van der Waals surface area contributed by atoms with Crippen LogP contribution in [0.4, 0.5) is 18.0 Å². The van der Waals surface area contributed by atoms with Crippen LogP contribution in [0.1, 0.15) is 57.8 Å². The molecule has 3 rings (SSSR count). The largest absolute Gasteiger partial charge is 0.391 e. The van der Waals surface area contributed by atoms with E-state index < -0.39 is 24.2 Å². The molecule has 1 atom stereocenters. The van der Waals surface area contributed by atoms with Crippen LogP contribution in [0.5, 0.6) is 0 Å². The topological polar surface area (TPSA) is 76.5 Å². The molecule has 0 spiro atoms. The van der Waals surface area contributed by atoms with E-state index in [4.69, 9.17) is 5.41 Å². The van der Waals surface area contributed by atoms with Crippen molar-refractivity contribution in [2.45, 2.75) is 70.0 Å². The molecular formula is C19H29F3N4O2. The zero-order valence-corrected chi connectivity index (χ0v) is 16.1. The van der Waals surface area contributed by atoms with Crippen molar-refractivity contribution in [3.8, 4) is 0 Å². The van der Waals surface area contributed by atoms with Crippen molar-refractivity contribution in [1.29, 1.82) is 5.41 Å². The number of carbonyl (C=O) groups is 2. The van der Waals surface area contributed by atoms with E-state index in [1.54, 1.807) is 4.90 Å². The fourth-order valence-electron chi connectivity index (χ4n) is 4.56. The van der Waals surface area contributed by atoms with Gasteiger partial charge in [-0.15, -0.1) is 0 Å². The maximum absolute atomic E-state index is 12.8. The van der Waals surface area contributed by atoms with Gasteiger partial charge in [0.2, 0.25) is 5.91 Å². The highest BCUT2D eigenvalue weighted by molar-refractivity contribution is 6.01. The minimum absolute atomic E-state index is 0.00857. The van der Waals surface area contributed by atoms with Crippen LogP contribution in [0.2, 0.25) is 0 Å². The van der Waals surface area contributed by atoms with E-state index in [-0.39, 0.29) is 37.0 Å². The van der Waals surface area contributed by atoms with Crippen molar-refractivity contribution in [1.82, 2.24) is 15.1 Å². The number of alkyl halides is 3. The van der Waals surface area contributed by atoms with E-state index in [1.165, 1.54) is 4.90 Å². The number of hydrogen-bond donors (Lipinski definition) is 2. The molecule has 0 aromatic heterocycles. The van der Waals surface area contributed by atoms with Crippen molar-refractivity contribution in [3.05, 3.63) is 0 Å². The van der Waals surface area contributed by atoms with Crippen LogP contribution < -0.4 is 5.32 Å². The molecule has 0 aromatic carbocycles. The number of amides is 3. The summed E-state index contributed by atoms with van der Waals surface area (Å²) in [5.41, 5.74) is 0. The molecular weight excluding hydrogens is 373 g/mol. The summed E-state index contributed by atoms with van der Waals surface area (Å²) in [6, 6.07) is -1.11. The van der Waals surface area contributed by atoms with Gasteiger partial charge in [0.05, 0.1) is 5.92 Å². The summed E-state index contributed by atoms with van der Waals surface area (Å²) in [5, 5.41) is 10.9. The van der Waals surface area contributed by atoms with Gasteiger partial charge in [-0.05, 0) is 57.3 Å².